The lowest BCUT2D eigenvalue weighted by Gasteiger charge is -2.14. The molecular weight excluding hydrogens is 416 g/mol. The lowest BCUT2D eigenvalue weighted by Crippen LogP contribution is -2.29. The highest BCUT2D eigenvalue weighted by molar-refractivity contribution is 6.34. The van der Waals surface area contributed by atoms with Gasteiger partial charge in [0.25, 0.3) is 11.8 Å². The summed E-state index contributed by atoms with van der Waals surface area (Å²) in [5.41, 5.74) is 5.03. The number of hydrogen-bond donors (Lipinski definition) is 0. The van der Waals surface area contributed by atoms with E-state index in [1.54, 1.807) is 55.8 Å². The lowest BCUT2D eigenvalue weighted by atomic mass is 9.98. The molecule has 0 aliphatic carbocycles. The largest absolute Gasteiger partial charge is 0.497 e. The summed E-state index contributed by atoms with van der Waals surface area (Å²) in [6.45, 7) is 4.05. The first-order chi connectivity index (χ1) is 15.9. The van der Waals surface area contributed by atoms with E-state index in [0.29, 0.717) is 34.5 Å². The van der Waals surface area contributed by atoms with Gasteiger partial charge in [-0.1, -0.05) is 24.3 Å². The van der Waals surface area contributed by atoms with Gasteiger partial charge < -0.3 is 4.74 Å². The summed E-state index contributed by atoms with van der Waals surface area (Å²) >= 11 is 0. The maximum atomic E-state index is 12.9. The molecule has 0 saturated heterocycles. The van der Waals surface area contributed by atoms with Crippen LogP contribution in [-0.2, 0) is 11.2 Å². The van der Waals surface area contributed by atoms with Gasteiger partial charge in [0, 0.05) is 12.6 Å². The van der Waals surface area contributed by atoms with Gasteiger partial charge in [0.2, 0.25) is 0 Å². The molecule has 6 nitrogen and oxygen atoms in total. The fourth-order valence-corrected chi connectivity index (χ4v) is 3.94. The van der Waals surface area contributed by atoms with Gasteiger partial charge in [-0.25, -0.2) is 4.90 Å². The number of methoxy groups -OCH3 is 1. The van der Waals surface area contributed by atoms with E-state index < -0.39 is 0 Å². The summed E-state index contributed by atoms with van der Waals surface area (Å²) in [7, 11) is 1.55. The van der Waals surface area contributed by atoms with Crippen LogP contribution in [-0.4, -0.2) is 37.5 Å². The second-order valence-corrected chi connectivity index (χ2v) is 8.00. The molecule has 33 heavy (non-hydrogen) atoms. The molecule has 166 valence electrons. The van der Waals surface area contributed by atoms with Gasteiger partial charge in [-0.3, -0.25) is 19.4 Å². The number of ketones is 1. The predicted molar refractivity (Wildman–Crippen MR) is 128 cm³/mol. The van der Waals surface area contributed by atoms with Crippen LogP contribution in [0.25, 0.3) is 0 Å². The maximum Gasteiger partial charge on any atom is 0.266 e. The Balaban J connectivity index is 1.46. The summed E-state index contributed by atoms with van der Waals surface area (Å²) < 4.78 is 5.14. The van der Waals surface area contributed by atoms with Crippen molar-refractivity contribution in [1.29, 1.82) is 0 Å². The number of amides is 2. The third-order valence-corrected chi connectivity index (χ3v) is 5.77. The Labute approximate surface area is 192 Å². The standard InChI is InChI=1S/C27H24N2O4/c1-17-5-4-6-18(2)24(17)14-21(30)16-28-15-19-7-12-23-25(13-19)27(32)29(26(23)31)20-8-10-22(33-3)11-9-20/h4-13,15H,14,16H2,1-3H3. The van der Waals surface area contributed by atoms with Gasteiger partial charge in [0.1, 0.15) is 5.75 Å². The zero-order valence-corrected chi connectivity index (χ0v) is 18.8. The molecule has 0 atom stereocenters. The van der Waals surface area contributed by atoms with Crippen molar-refractivity contribution in [3.05, 3.63) is 94.0 Å². The first-order valence-electron chi connectivity index (χ1n) is 10.6. The molecule has 6 heteroatoms. The highest BCUT2D eigenvalue weighted by Gasteiger charge is 2.36. The van der Waals surface area contributed by atoms with Crippen molar-refractivity contribution in [1.82, 2.24) is 0 Å². The van der Waals surface area contributed by atoms with E-state index in [4.69, 9.17) is 4.74 Å². The lowest BCUT2D eigenvalue weighted by molar-refractivity contribution is -0.117. The number of benzene rings is 3. The van der Waals surface area contributed by atoms with Crippen molar-refractivity contribution >= 4 is 29.5 Å². The minimum atomic E-state index is -0.387. The first-order valence-corrected chi connectivity index (χ1v) is 10.6. The second kappa shape index (κ2) is 9.20. The van der Waals surface area contributed by atoms with Crippen LogP contribution in [0.4, 0.5) is 5.69 Å². The molecule has 1 aliphatic heterocycles. The number of hydrogen-bond acceptors (Lipinski definition) is 5. The van der Waals surface area contributed by atoms with Gasteiger partial charge in [0.05, 0.1) is 30.5 Å². The van der Waals surface area contributed by atoms with Crippen molar-refractivity contribution in [2.45, 2.75) is 20.3 Å². The van der Waals surface area contributed by atoms with E-state index >= 15 is 0 Å². The smallest absolute Gasteiger partial charge is 0.266 e. The fraction of sp³-hybridized carbons (Fsp3) is 0.185. The van der Waals surface area contributed by atoms with E-state index in [-0.39, 0.29) is 24.1 Å². The number of imide groups is 1. The SMILES string of the molecule is COc1ccc(N2C(=O)c3ccc(C=NCC(=O)Cc4c(C)cccc4C)cc3C2=O)cc1. The molecule has 0 radical (unpaired) electrons. The van der Waals surface area contributed by atoms with Crippen LogP contribution < -0.4 is 9.64 Å². The summed E-state index contributed by atoms with van der Waals surface area (Å²) in [6, 6.07) is 17.7. The van der Waals surface area contributed by atoms with Gasteiger partial charge in [-0.05, 0) is 72.5 Å². The van der Waals surface area contributed by atoms with Crippen molar-refractivity contribution < 1.29 is 19.1 Å². The molecule has 0 unspecified atom stereocenters. The Morgan fingerprint density at radius 1 is 0.939 bits per heavy atom. The summed E-state index contributed by atoms with van der Waals surface area (Å²) in [5.74, 6) is -0.100. The van der Waals surface area contributed by atoms with E-state index in [2.05, 4.69) is 4.99 Å². The van der Waals surface area contributed by atoms with Crippen LogP contribution in [0.3, 0.4) is 0 Å². The molecule has 3 aromatic carbocycles. The predicted octanol–water partition coefficient (Wildman–Crippen LogP) is 4.34. The minimum absolute atomic E-state index is 0.0155. The van der Waals surface area contributed by atoms with Gasteiger partial charge in [-0.15, -0.1) is 0 Å². The average Bonchev–Trinajstić information content (AvgIpc) is 3.06. The Hall–Kier alpha value is -4.06. The van der Waals surface area contributed by atoms with Crippen molar-refractivity contribution in [2.75, 3.05) is 18.6 Å². The van der Waals surface area contributed by atoms with Crippen LogP contribution in [0.2, 0.25) is 0 Å². The average molecular weight is 440 g/mol. The van der Waals surface area contributed by atoms with Crippen LogP contribution in [0, 0.1) is 13.8 Å². The van der Waals surface area contributed by atoms with Crippen molar-refractivity contribution in [3.8, 4) is 5.75 Å². The number of carbonyl (C=O) groups is 3. The summed E-state index contributed by atoms with van der Waals surface area (Å²) in [6.07, 6.45) is 1.90. The Bertz CT molecular complexity index is 1260. The number of ether oxygens (including phenoxy) is 1. The molecule has 4 rings (SSSR count). The maximum absolute atomic E-state index is 12.9. The van der Waals surface area contributed by atoms with Crippen LogP contribution >= 0.6 is 0 Å². The topological polar surface area (TPSA) is 76.0 Å². The first kappa shape index (κ1) is 22.1. The normalized spacial score (nSPS) is 13.0. The molecular formula is C27H24N2O4. The van der Waals surface area contributed by atoms with Gasteiger partial charge in [-0.2, -0.15) is 0 Å². The van der Waals surface area contributed by atoms with E-state index in [1.807, 2.05) is 32.0 Å². The number of anilines is 1. The van der Waals surface area contributed by atoms with Crippen molar-refractivity contribution in [3.63, 3.8) is 0 Å². The molecule has 3 aromatic rings. The highest BCUT2D eigenvalue weighted by atomic mass is 16.5. The number of fused-ring (bicyclic) bond motifs is 1. The Kier molecular flexibility index (Phi) is 6.18. The van der Waals surface area contributed by atoms with E-state index in [0.717, 1.165) is 21.6 Å². The molecule has 1 heterocycles. The van der Waals surface area contributed by atoms with E-state index in [9.17, 15) is 14.4 Å². The summed E-state index contributed by atoms with van der Waals surface area (Å²) in [4.78, 5) is 43.6. The third-order valence-electron chi connectivity index (χ3n) is 5.77. The molecule has 2 amide bonds. The quantitative estimate of drug-likeness (QED) is 0.404. The zero-order chi connectivity index (χ0) is 23.5. The van der Waals surface area contributed by atoms with Gasteiger partial charge >= 0.3 is 0 Å². The molecule has 0 fully saturated rings. The molecule has 0 bridgehead atoms. The van der Waals surface area contributed by atoms with Crippen LogP contribution in [0.15, 0.2) is 65.7 Å². The van der Waals surface area contributed by atoms with Crippen molar-refractivity contribution in [2.24, 2.45) is 4.99 Å². The number of Topliss-reactive ketones (excluding diaryl/α,β-unsaturated/α-hetero) is 1. The van der Waals surface area contributed by atoms with Crippen LogP contribution in [0.5, 0.6) is 5.75 Å². The van der Waals surface area contributed by atoms with E-state index in [1.165, 1.54) is 0 Å². The molecule has 0 spiro atoms. The van der Waals surface area contributed by atoms with Gasteiger partial charge in [0.15, 0.2) is 5.78 Å². The third kappa shape index (κ3) is 4.46. The molecule has 0 saturated carbocycles. The summed E-state index contributed by atoms with van der Waals surface area (Å²) in [5, 5.41) is 0. The number of carbonyl (C=O) groups excluding carboxylic acids is 3. The second-order valence-electron chi connectivity index (χ2n) is 8.00. The minimum Gasteiger partial charge on any atom is -0.497 e. The monoisotopic (exact) mass is 440 g/mol. The van der Waals surface area contributed by atoms with Crippen LogP contribution in [0.1, 0.15) is 43.0 Å². The number of nitrogens with zero attached hydrogens (tertiary/aromatic N) is 2. The fourth-order valence-electron chi connectivity index (χ4n) is 3.94. The molecule has 0 aromatic heterocycles. The zero-order valence-electron chi connectivity index (χ0n) is 18.8. The number of rotatable bonds is 7. The molecule has 1 aliphatic rings. The Morgan fingerprint density at radius 2 is 1.61 bits per heavy atom. The highest BCUT2D eigenvalue weighted by Crippen LogP contribution is 2.30. The Morgan fingerprint density at radius 3 is 2.27 bits per heavy atom. The number of aliphatic imine (C=N–C) groups is 1. The molecule has 0 N–H and O–H groups in total. The number of aryl methyl sites for hydroxylation is 2.